The molecule has 0 bridgehead atoms. The SMILES string of the molecule is O=C1CCCC1Cc1cccc(C(F)(F)F)c1. The minimum atomic E-state index is -4.31. The summed E-state index contributed by atoms with van der Waals surface area (Å²) < 4.78 is 37.5. The van der Waals surface area contributed by atoms with E-state index in [1.165, 1.54) is 6.07 Å². The second-order valence-corrected chi connectivity index (χ2v) is 4.46. The molecule has 1 aliphatic carbocycles. The first-order valence-electron chi connectivity index (χ1n) is 5.65. The average molecular weight is 242 g/mol. The first-order chi connectivity index (χ1) is 7.97. The van der Waals surface area contributed by atoms with Crippen LogP contribution in [0.25, 0.3) is 0 Å². The van der Waals surface area contributed by atoms with Gasteiger partial charge < -0.3 is 0 Å². The van der Waals surface area contributed by atoms with Crippen molar-refractivity contribution in [3.05, 3.63) is 35.4 Å². The lowest BCUT2D eigenvalue weighted by Crippen LogP contribution is -2.11. The van der Waals surface area contributed by atoms with Gasteiger partial charge in [0.25, 0.3) is 0 Å². The standard InChI is InChI=1S/C13H13F3O/c14-13(15,16)11-5-1-3-9(8-11)7-10-4-2-6-12(10)17/h1,3,5,8,10H,2,4,6-7H2. The molecule has 17 heavy (non-hydrogen) atoms. The number of benzene rings is 1. The Balaban J connectivity index is 2.14. The van der Waals surface area contributed by atoms with Gasteiger partial charge in [0, 0.05) is 12.3 Å². The molecule has 0 radical (unpaired) electrons. The molecule has 1 nitrogen and oxygen atoms in total. The van der Waals surface area contributed by atoms with Crippen LogP contribution in [0.15, 0.2) is 24.3 Å². The summed E-state index contributed by atoms with van der Waals surface area (Å²) in [6, 6.07) is 5.25. The molecule has 1 atom stereocenters. The normalized spacial score (nSPS) is 20.9. The van der Waals surface area contributed by atoms with Gasteiger partial charge in [0.15, 0.2) is 0 Å². The van der Waals surface area contributed by atoms with Crippen LogP contribution in [0.3, 0.4) is 0 Å². The molecule has 1 saturated carbocycles. The van der Waals surface area contributed by atoms with E-state index in [4.69, 9.17) is 0 Å². The van der Waals surface area contributed by atoms with Gasteiger partial charge in [0.05, 0.1) is 5.56 Å². The van der Waals surface area contributed by atoms with Gasteiger partial charge >= 0.3 is 6.18 Å². The van der Waals surface area contributed by atoms with Crippen LogP contribution < -0.4 is 0 Å². The fraction of sp³-hybridized carbons (Fsp3) is 0.462. The molecular formula is C13H13F3O. The Hall–Kier alpha value is -1.32. The predicted molar refractivity (Wildman–Crippen MR) is 57.5 cm³/mol. The summed E-state index contributed by atoms with van der Waals surface area (Å²) in [7, 11) is 0. The minimum Gasteiger partial charge on any atom is -0.299 e. The zero-order chi connectivity index (χ0) is 12.5. The van der Waals surface area contributed by atoms with E-state index < -0.39 is 11.7 Å². The Kier molecular flexibility index (Phi) is 3.22. The van der Waals surface area contributed by atoms with Crippen LogP contribution in [0.1, 0.15) is 30.4 Å². The number of rotatable bonds is 2. The second kappa shape index (κ2) is 4.51. The molecule has 4 heteroatoms. The Morgan fingerprint density at radius 3 is 2.65 bits per heavy atom. The van der Waals surface area contributed by atoms with Crippen LogP contribution in [-0.4, -0.2) is 5.78 Å². The number of Topliss-reactive ketones (excluding diaryl/α,β-unsaturated/α-hetero) is 1. The van der Waals surface area contributed by atoms with E-state index in [9.17, 15) is 18.0 Å². The Bertz CT molecular complexity index is 423. The van der Waals surface area contributed by atoms with E-state index in [1.54, 1.807) is 6.07 Å². The zero-order valence-electron chi connectivity index (χ0n) is 9.26. The monoisotopic (exact) mass is 242 g/mol. The topological polar surface area (TPSA) is 17.1 Å². The quantitative estimate of drug-likeness (QED) is 0.774. The molecule has 0 N–H and O–H groups in total. The zero-order valence-corrected chi connectivity index (χ0v) is 9.26. The first-order valence-corrected chi connectivity index (χ1v) is 5.65. The highest BCUT2D eigenvalue weighted by molar-refractivity contribution is 5.83. The molecule has 1 aromatic carbocycles. The van der Waals surface area contributed by atoms with E-state index in [2.05, 4.69) is 0 Å². The van der Waals surface area contributed by atoms with Crippen molar-refractivity contribution in [1.29, 1.82) is 0 Å². The molecule has 1 aromatic rings. The highest BCUT2D eigenvalue weighted by Crippen LogP contribution is 2.31. The van der Waals surface area contributed by atoms with Gasteiger partial charge in [-0.2, -0.15) is 13.2 Å². The van der Waals surface area contributed by atoms with Gasteiger partial charge in [-0.1, -0.05) is 18.2 Å². The molecule has 0 aromatic heterocycles. The van der Waals surface area contributed by atoms with E-state index in [0.29, 0.717) is 18.4 Å². The van der Waals surface area contributed by atoms with Crippen molar-refractivity contribution < 1.29 is 18.0 Å². The van der Waals surface area contributed by atoms with E-state index >= 15 is 0 Å². The summed E-state index contributed by atoms with van der Waals surface area (Å²) in [5.41, 5.74) is -0.0412. The third kappa shape index (κ3) is 2.87. The number of carbonyl (C=O) groups is 1. The molecule has 0 heterocycles. The van der Waals surface area contributed by atoms with Gasteiger partial charge in [-0.05, 0) is 30.9 Å². The molecule has 0 amide bonds. The number of halogens is 3. The largest absolute Gasteiger partial charge is 0.416 e. The Labute approximate surface area is 97.6 Å². The molecule has 1 fully saturated rings. The maximum Gasteiger partial charge on any atom is 0.416 e. The highest BCUT2D eigenvalue weighted by atomic mass is 19.4. The van der Waals surface area contributed by atoms with E-state index in [0.717, 1.165) is 25.0 Å². The maximum atomic E-state index is 12.5. The van der Waals surface area contributed by atoms with Crippen LogP contribution in [0, 0.1) is 5.92 Å². The molecule has 1 aliphatic rings. The lowest BCUT2D eigenvalue weighted by molar-refractivity contribution is -0.137. The summed E-state index contributed by atoms with van der Waals surface area (Å²) in [5, 5.41) is 0. The number of ketones is 1. The van der Waals surface area contributed by atoms with Gasteiger partial charge in [0.2, 0.25) is 0 Å². The summed E-state index contributed by atoms with van der Waals surface area (Å²) in [4.78, 5) is 11.4. The molecule has 0 saturated heterocycles. The fourth-order valence-corrected chi connectivity index (χ4v) is 2.26. The molecular weight excluding hydrogens is 229 g/mol. The number of hydrogen-bond acceptors (Lipinski definition) is 1. The van der Waals surface area contributed by atoms with Gasteiger partial charge in [0.1, 0.15) is 5.78 Å². The van der Waals surface area contributed by atoms with E-state index in [-0.39, 0.29) is 11.7 Å². The van der Waals surface area contributed by atoms with Crippen molar-refractivity contribution >= 4 is 5.78 Å². The van der Waals surface area contributed by atoms with Crippen LogP contribution in [0.5, 0.6) is 0 Å². The third-order valence-corrected chi connectivity index (χ3v) is 3.17. The van der Waals surface area contributed by atoms with Gasteiger partial charge in [-0.15, -0.1) is 0 Å². The van der Waals surface area contributed by atoms with Crippen LogP contribution in [0.2, 0.25) is 0 Å². The van der Waals surface area contributed by atoms with Crippen molar-refractivity contribution in [2.75, 3.05) is 0 Å². The average Bonchev–Trinajstić information content (AvgIpc) is 2.64. The number of alkyl halides is 3. The van der Waals surface area contributed by atoms with Crippen LogP contribution >= 0.6 is 0 Å². The van der Waals surface area contributed by atoms with Crippen LogP contribution in [-0.2, 0) is 17.4 Å². The Morgan fingerprint density at radius 2 is 2.06 bits per heavy atom. The maximum absolute atomic E-state index is 12.5. The van der Waals surface area contributed by atoms with Gasteiger partial charge in [-0.25, -0.2) is 0 Å². The Morgan fingerprint density at radius 1 is 1.29 bits per heavy atom. The van der Waals surface area contributed by atoms with Gasteiger partial charge in [-0.3, -0.25) is 4.79 Å². The number of hydrogen-bond donors (Lipinski definition) is 0. The molecule has 2 rings (SSSR count). The fourth-order valence-electron chi connectivity index (χ4n) is 2.26. The summed E-state index contributed by atoms with van der Waals surface area (Å²) in [5.74, 6) is 0.0981. The molecule has 0 spiro atoms. The van der Waals surface area contributed by atoms with Crippen molar-refractivity contribution in [2.45, 2.75) is 31.9 Å². The van der Waals surface area contributed by atoms with Crippen molar-refractivity contribution in [3.8, 4) is 0 Å². The summed E-state index contributed by atoms with van der Waals surface area (Å²) in [6.07, 6.45) is -1.64. The lowest BCUT2D eigenvalue weighted by atomic mass is 9.96. The van der Waals surface area contributed by atoms with Crippen molar-refractivity contribution in [2.24, 2.45) is 5.92 Å². The summed E-state index contributed by atoms with van der Waals surface area (Å²) in [6.45, 7) is 0. The number of carbonyl (C=O) groups excluding carboxylic acids is 1. The molecule has 92 valence electrons. The minimum absolute atomic E-state index is 0.0847. The highest BCUT2D eigenvalue weighted by Gasteiger charge is 2.31. The first kappa shape index (κ1) is 12.1. The smallest absolute Gasteiger partial charge is 0.299 e. The predicted octanol–water partition coefficient (Wildman–Crippen LogP) is 3.62. The second-order valence-electron chi connectivity index (χ2n) is 4.46. The van der Waals surface area contributed by atoms with E-state index in [1.807, 2.05) is 0 Å². The van der Waals surface area contributed by atoms with Crippen molar-refractivity contribution in [3.63, 3.8) is 0 Å². The summed E-state index contributed by atoms with van der Waals surface area (Å²) >= 11 is 0. The molecule has 1 unspecified atom stereocenters. The molecule has 0 aliphatic heterocycles. The third-order valence-electron chi connectivity index (χ3n) is 3.17. The van der Waals surface area contributed by atoms with Crippen molar-refractivity contribution in [1.82, 2.24) is 0 Å². The van der Waals surface area contributed by atoms with Crippen LogP contribution in [0.4, 0.5) is 13.2 Å². The lowest BCUT2D eigenvalue weighted by Gasteiger charge is -2.11.